The molecule has 0 unspecified atom stereocenters. The molecule has 0 spiro atoms. The van der Waals surface area contributed by atoms with E-state index in [-0.39, 0.29) is 0 Å². The average molecular weight is 340 g/mol. The molecule has 0 amide bonds. The minimum Gasteiger partial charge on any atom is -0.388 e. The summed E-state index contributed by atoms with van der Waals surface area (Å²) in [6, 6.07) is 2.06. The largest absolute Gasteiger partial charge is 0.388 e. The molecule has 2 fully saturated rings. The van der Waals surface area contributed by atoms with Gasteiger partial charge in [-0.05, 0) is 44.6 Å². The van der Waals surface area contributed by atoms with E-state index in [9.17, 15) is 5.11 Å². The minimum atomic E-state index is -0.464. The molecule has 7 heteroatoms. The van der Waals surface area contributed by atoms with Crippen LogP contribution in [0.2, 0.25) is 0 Å². The molecule has 2 aliphatic rings. The quantitative estimate of drug-likeness (QED) is 0.761. The highest BCUT2D eigenvalue weighted by Gasteiger charge is 2.38. The first kappa shape index (κ1) is 15.3. The number of hydrogen-bond acceptors (Lipinski definition) is 5. The summed E-state index contributed by atoms with van der Waals surface area (Å²) < 4.78 is 1.81. The molecule has 1 saturated heterocycles. The van der Waals surface area contributed by atoms with Crippen LogP contribution in [0.5, 0.6) is 0 Å². The molecule has 0 radical (unpaired) electrons. The number of fused-ring (bicyclic) bond motifs is 3. The normalized spacial score (nSPS) is 27.0. The molecule has 2 N–H and O–H groups in total. The number of aliphatic hydroxyl groups is 1. The molecule has 1 aliphatic carbocycles. The summed E-state index contributed by atoms with van der Waals surface area (Å²) in [4.78, 5) is 9.94. The van der Waals surface area contributed by atoms with Gasteiger partial charge in [-0.15, -0.1) is 5.10 Å². The number of aromatic amines is 1. The van der Waals surface area contributed by atoms with Gasteiger partial charge in [-0.25, -0.2) is 9.50 Å². The SMILES string of the molecule is CC1(O)CN(CC2CCC(c3nnn4cnc5[nH]ccc5c34)CC2)C1. The Labute approximate surface area is 146 Å². The third-order valence-electron chi connectivity index (χ3n) is 5.88. The van der Waals surface area contributed by atoms with Crippen molar-refractivity contribution in [1.29, 1.82) is 0 Å². The van der Waals surface area contributed by atoms with Crippen molar-refractivity contribution in [1.82, 2.24) is 29.7 Å². The Morgan fingerprint density at radius 2 is 2.08 bits per heavy atom. The van der Waals surface area contributed by atoms with E-state index < -0.39 is 5.60 Å². The van der Waals surface area contributed by atoms with E-state index in [0.29, 0.717) is 5.92 Å². The van der Waals surface area contributed by atoms with E-state index in [1.165, 1.54) is 12.8 Å². The molecule has 1 aliphatic heterocycles. The van der Waals surface area contributed by atoms with Gasteiger partial charge in [0.25, 0.3) is 0 Å². The zero-order valence-electron chi connectivity index (χ0n) is 14.5. The minimum absolute atomic E-state index is 0.464. The summed E-state index contributed by atoms with van der Waals surface area (Å²) >= 11 is 0. The summed E-state index contributed by atoms with van der Waals surface area (Å²) in [6.45, 7) is 4.69. The van der Waals surface area contributed by atoms with Crippen molar-refractivity contribution in [2.45, 2.75) is 44.1 Å². The molecule has 0 atom stereocenters. The lowest BCUT2D eigenvalue weighted by Crippen LogP contribution is -2.60. The lowest BCUT2D eigenvalue weighted by atomic mass is 9.79. The zero-order valence-corrected chi connectivity index (χ0v) is 14.5. The van der Waals surface area contributed by atoms with Crippen LogP contribution in [0.3, 0.4) is 0 Å². The number of hydrogen-bond donors (Lipinski definition) is 2. The van der Waals surface area contributed by atoms with Gasteiger partial charge in [0, 0.05) is 37.1 Å². The van der Waals surface area contributed by atoms with E-state index in [0.717, 1.165) is 60.6 Å². The molecular weight excluding hydrogens is 316 g/mol. The first-order chi connectivity index (χ1) is 12.1. The van der Waals surface area contributed by atoms with Crippen LogP contribution in [0.15, 0.2) is 18.6 Å². The van der Waals surface area contributed by atoms with Crippen LogP contribution in [-0.4, -0.2) is 60.0 Å². The third-order valence-corrected chi connectivity index (χ3v) is 5.88. The Balaban J connectivity index is 1.31. The monoisotopic (exact) mass is 340 g/mol. The number of likely N-dealkylation sites (tertiary alicyclic amines) is 1. The van der Waals surface area contributed by atoms with E-state index >= 15 is 0 Å². The zero-order chi connectivity index (χ0) is 17.0. The van der Waals surface area contributed by atoms with Gasteiger partial charge in [0.1, 0.15) is 17.5 Å². The predicted octanol–water partition coefficient (Wildman–Crippen LogP) is 1.95. The fraction of sp³-hybridized carbons (Fsp3) is 0.611. The maximum Gasteiger partial charge on any atom is 0.141 e. The van der Waals surface area contributed by atoms with Crippen molar-refractivity contribution in [3.8, 4) is 0 Å². The second-order valence-electron chi connectivity index (χ2n) is 8.14. The van der Waals surface area contributed by atoms with Crippen LogP contribution in [0.25, 0.3) is 16.6 Å². The van der Waals surface area contributed by atoms with Crippen LogP contribution < -0.4 is 0 Å². The first-order valence-corrected chi connectivity index (χ1v) is 9.21. The lowest BCUT2D eigenvalue weighted by molar-refractivity contribution is -0.0899. The van der Waals surface area contributed by atoms with E-state index in [1.807, 2.05) is 13.1 Å². The molecule has 132 valence electrons. The fourth-order valence-electron chi connectivity index (χ4n) is 4.72. The highest BCUT2D eigenvalue weighted by molar-refractivity contribution is 5.92. The van der Waals surface area contributed by atoms with Crippen molar-refractivity contribution in [2.75, 3.05) is 19.6 Å². The van der Waals surface area contributed by atoms with Gasteiger partial charge >= 0.3 is 0 Å². The summed E-state index contributed by atoms with van der Waals surface area (Å²) in [5.41, 5.74) is 2.66. The Hall–Kier alpha value is -1.99. The molecular formula is C18H24N6O. The van der Waals surface area contributed by atoms with Crippen molar-refractivity contribution < 1.29 is 5.11 Å². The van der Waals surface area contributed by atoms with Gasteiger partial charge in [0.2, 0.25) is 0 Å². The van der Waals surface area contributed by atoms with Crippen LogP contribution in [-0.2, 0) is 0 Å². The molecule has 1 saturated carbocycles. The van der Waals surface area contributed by atoms with Crippen LogP contribution in [0.4, 0.5) is 0 Å². The lowest BCUT2D eigenvalue weighted by Gasteiger charge is -2.46. The average Bonchev–Trinajstić information content (AvgIpc) is 3.19. The number of rotatable bonds is 3. The van der Waals surface area contributed by atoms with Gasteiger partial charge in [0.05, 0.1) is 11.3 Å². The molecule has 5 rings (SSSR count). The van der Waals surface area contributed by atoms with Crippen molar-refractivity contribution >= 4 is 16.6 Å². The number of nitrogens with zero attached hydrogens (tertiary/aromatic N) is 5. The Bertz CT molecular complexity index is 897. The van der Waals surface area contributed by atoms with Gasteiger partial charge < -0.3 is 10.1 Å². The molecule has 7 nitrogen and oxygen atoms in total. The van der Waals surface area contributed by atoms with E-state index in [1.54, 1.807) is 10.8 Å². The van der Waals surface area contributed by atoms with Crippen LogP contribution in [0, 0.1) is 5.92 Å². The maximum absolute atomic E-state index is 9.88. The molecule has 0 bridgehead atoms. The maximum atomic E-state index is 9.88. The molecule has 3 aromatic rings. The van der Waals surface area contributed by atoms with Gasteiger partial charge in [-0.3, -0.25) is 4.90 Å². The van der Waals surface area contributed by atoms with Crippen molar-refractivity contribution in [2.24, 2.45) is 5.92 Å². The predicted molar refractivity (Wildman–Crippen MR) is 94.4 cm³/mol. The first-order valence-electron chi connectivity index (χ1n) is 9.21. The Morgan fingerprint density at radius 3 is 2.84 bits per heavy atom. The van der Waals surface area contributed by atoms with Crippen LogP contribution in [0.1, 0.15) is 44.2 Å². The van der Waals surface area contributed by atoms with Crippen molar-refractivity contribution in [3.63, 3.8) is 0 Å². The third kappa shape index (κ3) is 2.62. The molecule has 3 aromatic heterocycles. The summed E-state index contributed by atoms with van der Waals surface area (Å²) in [5, 5.41) is 19.8. The van der Waals surface area contributed by atoms with Crippen molar-refractivity contribution in [3.05, 3.63) is 24.3 Å². The number of H-pyrrole nitrogens is 1. The highest BCUT2D eigenvalue weighted by atomic mass is 16.3. The van der Waals surface area contributed by atoms with Gasteiger partial charge in [-0.1, -0.05) is 5.21 Å². The summed E-state index contributed by atoms with van der Waals surface area (Å²) in [5.74, 6) is 1.22. The summed E-state index contributed by atoms with van der Waals surface area (Å²) in [6.07, 6.45) is 8.45. The topological polar surface area (TPSA) is 82.3 Å². The Kier molecular flexibility index (Phi) is 3.36. The van der Waals surface area contributed by atoms with Crippen LogP contribution >= 0.6 is 0 Å². The highest BCUT2D eigenvalue weighted by Crippen LogP contribution is 2.38. The van der Waals surface area contributed by atoms with E-state index in [4.69, 9.17) is 0 Å². The van der Waals surface area contributed by atoms with Gasteiger partial charge in [0.15, 0.2) is 0 Å². The van der Waals surface area contributed by atoms with Gasteiger partial charge in [-0.2, -0.15) is 0 Å². The molecule has 4 heterocycles. The number of aromatic nitrogens is 5. The Morgan fingerprint density at radius 1 is 1.28 bits per heavy atom. The summed E-state index contributed by atoms with van der Waals surface area (Å²) in [7, 11) is 0. The second kappa shape index (κ2) is 5.51. The number of β-amino-alcohol motifs (C(OH)–C–C–N with tert-alkyl or cyclic N) is 1. The fourth-order valence-corrected chi connectivity index (χ4v) is 4.72. The second-order valence-corrected chi connectivity index (χ2v) is 8.14. The number of nitrogens with one attached hydrogen (secondary N) is 1. The standard InChI is InChI=1S/C18H24N6O/c1-18(25)9-23(10-18)8-12-2-4-13(5-3-12)15-16-14-6-7-19-17(14)20-11-24(16)22-21-15/h6-7,11-13,19,25H,2-5,8-10H2,1H3. The molecule has 0 aromatic carbocycles. The van der Waals surface area contributed by atoms with E-state index in [2.05, 4.69) is 31.2 Å². The smallest absolute Gasteiger partial charge is 0.141 e. The molecule has 25 heavy (non-hydrogen) atoms.